The summed E-state index contributed by atoms with van der Waals surface area (Å²) in [5.41, 5.74) is 4.20. The Kier molecular flexibility index (Phi) is 13.1. The summed E-state index contributed by atoms with van der Waals surface area (Å²) in [6.45, 7) is 2.28. The third-order valence-corrected chi connectivity index (χ3v) is 6.30. The molecule has 0 fully saturated rings. The van der Waals surface area contributed by atoms with E-state index in [1.807, 2.05) is 84.9 Å². The molecular weight excluding hydrogens is 492 g/mol. The van der Waals surface area contributed by atoms with Gasteiger partial charge in [-0.05, 0) is 66.3 Å². The molecule has 0 bridgehead atoms. The minimum atomic E-state index is -0.809. The molecular formula is C33H40O6. The third-order valence-electron chi connectivity index (χ3n) is 6.30. The predicted octanol–water partition coefficient (Wildman–Crippen LogP) is 6.80. The third kappa shape index (κ3) is 10.6. The molecule has 0 aliphatic rings. The lowest BCUT2D eigenvalue weighted by atomic mass is 10.0. The number of benzene rings is 3. The van der Waals surface area contributed by atoms with Crippen LogP contribution in [0, 0.1) is 0 Å². The van der Waals surface area contributed by atoms with Crippen LogP contribution < -0.4 is 9.47 Å². The normalized spacial score (nSPS) is 12.7. The van der Waals surface area contributed by atoms with Gasteiger partial charge in [0, 0.05) is 0 Å². The summed E-state index contributed by atoms with van der Waals surface area (Å²) in [7, 11) is 4.91. The summed E-state index contributed by atoms with van der Waals surface area (Å²) in [6, 6.07) is 25.3. The van der Waals surface area contributed by atoms with Crippen LogP contribution in [0.25, 0.3) is 0 Å². The van der Waals surface area contributed by atoms with Gasteiger partial charge in [-0.3, -0.25) is 0 Å². The number of aliphatic hydroxyl groups is 1. The zero-order valence-electron chi connectivity index (χ0n) is 23.2. The molecule has 0 saturated heterocycles. The van der Waals surface area contributed by atoms with Gasteiger partial charge in [0.25, 0.3) is 0 Å². The topological polar surface area (TPSA) is 66.4 Å². The lowest BCUT2D eigenvalue weighted by molar-refractivity contribution is 0.121. The molecule has 3 aromatic rings. The van der Waals surface area contributed by atoms with E-state index < -0.39 is 6.10 Å². The number of methoxy groups -OCH3 is 3. The van der Waals surface area contributed by atoms with E-state index in [1.54, 1.807) is 21.3 Å². The summed E-state index contributed by atoms with van der Waals surface area (Å²) < 4.78 is 27.8. The first kappa shape index (κ1) is 30.0. The summed E-state index contributed by atoms with van der Waals surface area (Å²) in [5, 5.41) is 10.8. The quantitative estimate of drug-likeness (QED) is 0.117. The van der Waals surface area contributed by atoms with Gasteiger partial charge in [-0.15, -0.1) is 0 Å². The number of allylic oxidation sites excluding steroid dienone is 1. The Balaban J connectivity index is 1.55. The summed E-state index contributed by atoms with van der Waals surface area (Å²) in [4.78, 5) is 0. The van der Waals surface area contributed by atoms with Crippen LogP contribution in [0.15, 0.2) is 102 Å². The average Bonchev–Trinajstić information content (AvgIpc) is 2.99. The number of aliphatic hydroxyl groups excluding tert-OH is 1. The van der Waals surface area contributed by atoms with E-state index in [2.05, 4.69) is 6.08 Å². The standard InChI is InChI=1S/C33H40O6/c1-35-30-16-11-27(12-17-30)24-38-22-7-8-26(21-23-39-25-28-13-18-31(36-2)19-14-28)15-20-32(37-3)33(34)29-9-5-4-6-10-29/h4-6,8-14,16-20,33-34H,7,15,21-25H2,1-3H3/b26-8-,32-20-. The first-order valence-corrected chi connectivity index (χ1v) is 13.2. The monoisotopic (exact) mass is 532 g/mol. The first-order chi connectivity index (χ1) is 19.1. The molecule has 0 heterocycles. The van der Waals surface area contributed by atoms with Crippen LogP contribution >= 0.6 is 0 Å². The molecule has 6 heteroatoms. The molecule has 0 aliphatic carbocycles. The molecule has 0 aromatic heterocycles. The maximum absolute atomic E-state index is 10.8. The maximum atomic E-state index is 10.8. The van der Waals surface area contributed by atoms with Crippen molar-refractivity contribution in [3.8, 4) is 11.5 Å². The zero-order valence-corrected chi connectivity index (χ0v) is 23.2. The van der Waals surface area contributed by atoms with Gasteiger partial charge in [0.05, 0.1) is 47.8 Å². The van der Waals surface area contributed by atoms with Crippen LogP contribution in [0.4, 0.5) is 0 Å². The highest BCUT2D eigenvalue weighted by Gasteiger charge is 2.13. The second kappa shape index (κ2) is 17.1. The SMILES string of the molecule is CO/C(=C\C/C(=C/CCOCc1ccc(OC)cc1)CCOCc1ccc(OC)cc1)C(O)c1ccccc1. The van der Waals surface area contributed by atoms with Crippen molar-refractivity contribution in [1.82, 2.24) is 0 Å². The van der Waals surface area contributed by atoms with Gasteiger partial charge in [-0.25, -0.2) is 0 Å². The van der Waals surface area contributed by atoms with Gasteiger partial charge in [-0.1, -0.05) is 66.2 Å². The largest absolute Gasteiger partial charge is 0.498 e. The smallest absolute Gasteiger partial charge is 0.136 e. The Hall–Kier alpha value is -3.58. The molecule has 39 heavy (non-hydrogen) atoms. The zero-order chi connectivity index (χ0) is 27.7. The Morgan fingerprint density at radius 3 is 1.82 bits per heavy atom. The predicted molar refractivity (Wildman–Crippen MR) is 154 cm³/mol. The van der Waals surface area contributed by atoms with E-state index in [0.717, 1.165) is 41.0 Å². The Morgan fingerprint density at radius 1 is 0.718 bits per heavy atom. The molecule has 208 valence electrons. The lowest BCUT2D eigenvalue weighted by Gasteiger charge is -2.15. The van der Waals surface area contributed by atoms with Crippen LogP contribution in [0.2, 0.25) is 0 Å². The first-order valence-electron chi connectivity index (χ1n) is 13.2. The highest BCUT2D eigenvalue weighted by Crippen LogP contribution is 2.24. The molecule has 0 aliphatic heterocycles. The lowest BCUT2D eigenvalue weighted by Crippen LogP contribution is -2.04. The Morgan fingerprint density at radius 2 is 1.28 bits per heavy atom. The fourth-order valence-electron chi connectivity index (χ4n) is 4.00. The van der Waals surface area contributed by atoms with Gasteiger partial charge in [-0.2, -0.15) is 0 Å². The van der Waals surface area contributed by atoms with E-state index in [4.69, 9.17) is 23.7 Å². The van der Waals surface area contributed by atoms with E-state index in [-0.39, 0.29) is 0 Å². The second-order valence-electron chi connectivity index (χ2n) is 9.03. The van der Waals surface area contributed by atoms with Crippen molar-refractivity contribution in [2.45, 2.75) is 38.6 Å². The Bertz CT molecular complexity index is 1140. The van der Waals surface area contributed by atoms with E-state index >= 15 is 0 Å². The molecule has 0 saturated carbocycles. The van der Waals surface area contributed by atoms with Crippen LogP contribution in [0.1, 0.15) is 42.1 Å². The van der Waals surface area contributed by atoms with Crippen LogP contribution in [0.5, 0.6) is 11.5 Å². The number of ether oxygens (including phenoxy) is 5. The number of hydrogen-bond donors (Lipinski definition) is 1. The van der Waals surface area contributed by atoms with Crippen molar-refractivity contribution in [1.29, 1.82) is 0 Å². The molecule has 0 radical (unpaired) electrons. The number of hydrogen-bond acceptors (Lipinski definition) is 6. The van der Waals surface area contributed by atoms with Crippen molar-refractivity contribution in [2.75, 3.05) is 34.5 Å². The highest BCUT2D eigenvalue weighted by molar-refractivity contribution is 5.28. The summed E-state index contributed by atoms with van der Waals surface area (Å²) >= 11 is 0. The maximum Gasteiger partial charge on any atom is 0.136 e. The van der Waals surface area contributed by atoms with Gasteiger partial charge < -0.3 is 28.8 Å². The van der Waals surface area contributed by atoms with Crippen LogP contribution in [0.3, 0.4) is 0 Å². The molecule has 1 atom stereocenters. The average molecular weight is 533 g/mol. The Labute approximate surface area is 232 Å². The minimum absolute atomic E-state index is 0.530. The van der Waals surface area contributed by atoms with Gasteiger partial charge >= 0.3 is 0 Å². The van der Waals surface area contributed by atoms with E-state index in [0.29, 0.717) is 38.6 Å². The van der Waals surface area contributed by atoms with Crippen LogP contribution in [-0.4, -0.2) is 39.6 Å². The molecule has 3 aromatic carbocycles. The van der Waals surface area contributed by atoms with Crippen molar-refractivity contribution >= 4 is 0 Å². The fourth-order valence-corrected chi connectivity index (χ4v) is 4.00. The minimum Gasteiger partial charge on any atom is -0.498 e. The molecule has 1 N–H and O–H groups in total. The van der Waals surface area contributed by atoms with Crippen molar-refractivity contribution < 1.29 is 28.8 Å². The summed E-state index contributed by atoms with van der Waals surface area (Å²) in [5.74, 6) is 2.19. The molecule has 1 unspecified atom stereocenters. The molecule has 6 nitrogen and oxygen atoms in total. The van der Waals surface area contributed by atoms with Gasteiger partial charge in [0.15, 0.2) is 0 Å². The van der Waals surface area contributed by atoms with E-state index in [9.17, 15) is 5.11 Å². The molecule has 0 amide bonds. The number of rotatable bonds is 17. The van der Waals surface area contributed by atoms with Gasteiger partial charge in [0.2, 0.25) is 0 Å². The van der Waals surface area contributed by atoms with Crippen molar-refractivity contribution in [3.05, 3.63) is 119 Å². The van der Waals surface area contributed by atoms with Crippen molar-refractivity contribution in [2.24, 2.45) is 0 Å². The second-order valence-corrected chi connectivity index (χ2v) is 9.03. The van der Waals surface area contributed by atoms with Crippen molar-refractivity contribution in [3.63, 3.8) is 0 Å². The fraction of sp³-hybridized carbons (Fsp3) is 0.333. The van der Waals surface area contributed by atoms with Gasteiger partial charge in [0.1, 0.15) is 23.4 Å². The summed E-state index contributed by atoms with van der Waals surface area (Å²) in [6.07, 6.45) is 5.54. The van der Waals surface area contributed by atoms with E-state index in [1.165, 1.54) is 5.57 Å². The highest BCUT2D eigenvalue weighted by atomic mass is 16.5. The van der Waals surface area contributed by atoms with Crippen LogP contribution in [-0.2, 0) is 27.4 Å². The molecule has 0 spiro atoms. The molecule has 3 rings (SSSR count).